The van der Waals surface area contributed by atoms with Gasteiger partial charge < -0.3 is 19.9 Å². The van der Waals surface area contributed by atoms with E-state index in [0.29, 0.717) is 42.7 Å². The molecule has 192 valence electrons. The van der Waals surface area contributed by atoms with Crippen LogP contribution in [0.2, 0.25) is 0 Å². The Morgan fingerprint density at radius 1 is 1.24 bits per heavy atom. The minimum absolute atomic E-state index is 0.0695. The lowest BCUT2D eigenvalue weighted by atomic mass is 10.0. The summed E-state index contributed by atoms with van der Waals surface area (Å²) in [5.41, 5.74) is 3.38. The third kappa shape index (κ3) is 5.19. The molecule has 0 radical (unpaired) electrons. The van der Waals surface area contributed by atoms with Crippen molar-refractivity contribution in [1.82, 2.24) is 14.9 Å². The van der Waals surface area contributed by atoms with E-state index >= 15 is 0 Å². The number of pyridine rings is 2. The van der Waals surface area contributed by atoms with Crippen molar-refractivity contribution in [3.8, 4) is 6.07 Å². The van der Waals surface area contributed by atoms with Gasteiger partial charge in [0.15, 0.2) is 0 Å². The number of hydrogen-bond acceptors (Lipinski definition) is 7. The number of nitriles is 1. The molecular weight excluding hydrogens is 464 g/mol. The summed E-state index contributed by atoms with van der Waals surface area (Å²) < 4.78 is 5.74. The van der Waals surface area contributed by atoms with Crippen LogP contribution in [0, 0.1) is 17.2 Å². The number of nitrogens with zero attached hydrogens (tertiary/aromatic N) is 5. The molecule has 4 heterocycles. The Bertz CT molecular complexity index is 1230. The van der Waals surface area contributed by atoms with Crippen LogP contribution in [0.15, 0.2) is 31.0 Å². The molecule has 4 aliphatic rings. The Kier molecular flexibility index (Phi) is 6.56. The maximum Gasteiger partial charge on any atom is 0.225 e. The zero-order valence-electron chi connectivity index (χ0n) is 21.2. The standard InChI is InChI=1S/C29H34N6O2/c1-2-19-9-10-31-26(14-19)32-24-15-22(17-30)29(33-28(24)21-7-8-21)34-11-12-35(25(18-34)20-5-6-20)27(36)16-23-4-3-13-37-23/h2,9-10,14-15,20-21,23,25H,1,3-8,11-13,16,18H2,(H,31,32). The van der Waals surface area contributed by atoms with Crippen molar-refractivity contribution < 1.29 is 9.53 Å². The predicted molar refractivity (Wildman–Crippen MR) is 143 cm³/mol. The average molecular weight is 499 g/mol. The van der Waals surface area contributed by atoms with Gasteiger partial charge in [0, 0.05) is 38.4 Å². The quantitative estimate of drug-likeness (QED) is 0.568. The van der Waals surface area contributed by atoms with E-state index in [0.717, 1.165) is 74.4 Å². The summed E-state index contributed by atoms with van der Waals surface area (Å²) >= 11 is 0. The van der Waals surface area contributed by atoms with Gasteiger partial charge in [-0.3, -0.25) is 4.79 Å². The van der Waals surface area contributed by atoms with Gasteiger partial charge in [0.1, 0.15) is 17.7 Å². The Morgan fingerprint density at radius 2 is 2.11 bits per heavy atom. The first-order chi connectivity index (χ1) is 18.1. The van der Waals surface area contributed by atoms with Crippen molar-refractivity contribution in [3.63, 3.8) is 0 Å². The van der Waals surface area contributed by atoms with Gasteiger partial charge >= 0.3 is 0 Å². The highest BCUT2D eigenvalue weighted by Gasteiger charge is 2.42. The maximum absolute atomic E-state index is 13.2. The molecule has 2 aromatic heterocycles. The Morgan fingerprint density at radius 3 is 2.81 bits per heavy atom. The molecule has 0 bridgehead atoms. The normalized spacial score (nSPS) is 23.5. The topological polar surface area (TPSA) is 94.4 Å². The van der Waals surface area contributed by atoms with Crippen molar-refractivity contribution in [2.24, 2.45) is 5.92 Å². The summed E-state index contributed by atoms with van der Waals surface area (Å²) in [6.45, 7) is 6.68. The van der Waals surface area contributed by atoms with Crippen LogP contribution in [-0.2, 0) is 9.53 Å². The third-order valence-electron chi connectivity index (χ3n) is 8.03. The van der Waals surface area contributed by atoms with Crippen molar-refractivity contribution in [3.05, 3.63) is 47.8 Å². The molecule has 2 atom stereocenters. The molecule has 6 rings (SSSR count). The maximum atomic E-state index is 13.2. The molecule has 1 amide bonds. The van der Waals surface area contributed by atoms with E-state index in [-0.39, 0.29) is 18.1 Å². The molecule has 1 N–H and O–H groups in total. The van der Waals surface area contributed by atoms with E-state index in [4.69, 9.17) is 9.72 Å². The van der Waals surface area contributed by atoms with Crippen molar-refractivity contribution in [2.45, 2.75) is 63.0 Å². The number of rotatable bonds is 8. The number of nitrogens with one attached hydrogen (secondary N) is 1. The molecule has 8 nitrogen and oxygen atoms in total. The number of carbonyl (C=O) groups is 1. The third-order valence-corrected chi connectivity index (χ3v) is 8.03. The summed E-state index contributed by atoms with van der Waals surface area (Å²) in [7, 11) is 0. The van der Waals surface area contributed by atoms with Gasteiger partial charge in [-0.25, -0.2) is 9.97 Å². The predicted octanol–water partition coefficient (Wildman–Crippen LogP) is 4.61. The molecule has 2 saturated heterocycles. The minimum atomic E-state index is 0.0695. The molecule has 2 saturated carbocycles. The first-order valence-corrected chi connectivity index (χ1v) is 13.6. The summed E-state index contributed by atoms with van der Waals surface area (Å²) in [6, 6.07) is 8.34. The monoisotopic (exact) mass is 498 g/mol. The van der Waals surface area contributed by atoms with Crippen LogP contribution >= 0.6 is 0 Å². The second-order valence-corrected chi connectivity index (χ2v) is 10.8. The Hall–Kier alpha value is -3.44. The fourth-order valence-corrected chi connectivity index (χ4v) is 5.70. The number of ether oxygens (including phenoxy) is 1. The highest BCUT2D eigenvalue weighted by atomic mass is 16.5. The van der Waals surface area contributed by atoms with Crippen molar-refractivity contribution in [2.75, 3.05) is 36.5 Å². The molecule has 8 heteroatoms. The van der Waals surface area contributed by atoms with Gasteiger partial charge in [-0.15, -0.1) is 0 Å². The van der Waals surface area contributed by atoms with Gasteiger partial charge in [0.2, 0.25) is 5.91 Å². The lowest BCUT2D eigenvalue weighted by Gasteiger charge is -2.43. The fraction of sp³-hybridized carbons (Fsp3) is 0.517. The van der Waals surface area contributed by atoms with Crippen LogP contribution in [0.1, 0.15) is 67.7 Å². The van der Waals surface area contributed by atoms with Crippen molar-refractivity contribution in [1.29, 1.82) is 5.26 Å². The fourth-order valence-electron chi connectivity index (χ4n) is 5.70. The number of carbonyl (C=O) groups excluding carboxylic acids is 1. The second-order valence-electron chi connectivity index (χ2n) is 10.8. The number of amides is 1. The zero-order valence-corrected chi connectivity index (χ0v) is 21.2. The summed E-state index contributed by atoms with van der Waals surface area (Å²) in [5.74, 6) is 2.60. The molecule has 4 fully saturated rings. The zero-order chi connectivity index (χ0) is 25.4. The molecule has 2 unspecified atom stereocenters. The van der Waals surface area contributed by atoms with Crippen molar-refractivity contribution >= 4 is 29.3 Å². The second kappa shape index (κ2) is 10.1. The number of aromatic nitrogens is 2. The van der Waals surface area contributed by atoms with E-state index in [1.165, 1.54) is 0 Å². The molecule has 0 aromatic carbocycles. The molecule has 2 aliphatic heterocycles. The molecule has 2 aliphatic carbocycles. The number of hydrogen-bond donors (Lipinski definition) is 1. The Balaban J connectivity index is 1.25. The average Bonchev–Trinajstić information content (AvgIpc) is 3.87. The smallest absolute Gasteiger partial charge is 0.225 e. The van der Waals surface area contributed by atoms with E-state index in [2.05, 4.69) is 32.7 Å². The summed E-state index contributed by atoms with van der Waals surface area (Å²) in [5, 5.41) is 13.5. The van der Waals surface area contributed by atoms with Crippen LogP contribution in [0.5, 0.6) is 0 Å². The lowest BCUT2D eigenvalue weighted by molar-refractivity contribution is -0.136. The number of anilines is 3. The van der Waals surface area contributed by atoms with Gasteiger partial charge in [0.05, 0.1) is 35.5 Å². The van der Waals surface area contributed by atoms with Gasteiger partial charge in [-0.05, 0) is 68.2 Å². The first kappa shape index (κ1) is 23.9. The minimum Gasteiger partial charge on any atom is -0.378 e. The van der Waals surface area contributed by atoms with Gasteiger partial charge in [0.25, 0.3) is 0 Å². The van der Waals surface area contributed by atoms with Crippen LogP contribution in [0.4, 0.5) is 17.3 Å². The molecular formula is C29H34N6O2. The van der Waals surface area contributed by atoms with E-state index in [1.54, 1.807) is 12.3 Å². The summed E-state index contributed by atoms with van der Waals surface area (Å²) in [4.78, 5) is 27.1. The van der Waals surface area contributed by atoms with Crippen LogP contribution < -0.4 is 10.2 Å². The van der Waals surface area contributed by atoms with Gasteiger partial charge in [-0.2, -0.15) is 5.26 Å². The SMILES string of the molecule is C=Cc1ccnc(Nc2cc(C#N)c(N3CCN(C(=O)CC4CCCO4)C(C4CC4)C3)nc2C2CC2)c1. The van der Waals surface area contributed by atoms with Gasteiger partial charge in [-0.1, -0.05) is 12.7 Å². The van der Waals surface area contributed by atoms with E-state index < -0.39 is 0 Å². The van der Waals surface area contributed by atoms with Crippen LogP contribution in [0.3, 0.4) is 0 Å². The number of piperazine rings is 1. The molecule has 2 aromatic rings. The molecule has 37 heavy (non-hydrogen) atoms. The lowest BCUT2D eigenvalue weighted by Crippen LogP contribution is -2.57. The Labute approximate surface area is 218 Å². The highest BCUT2D eigenvalue weighted by molar-refractivity contribution is 5.78. The summed E-state index contributed by atoms with van der Waals surface area (Å²) in [6.07, 6.45) is 10.6. The highest BCUT2D eigenvalue weighted by Crippen LogP contribution is 2.45. The van der Waals surface area contributed by atoms with E-state index in [9.17, 15) is 10.1 Å². The first-order valence-electron chi connectivity index (χ1n) is 13.6. The largest absolute Gasteiger partial charge is 0.378 e. The van der Waals surface area contributed by atoms with Crippen LogP contribution in [-0.4, -0.2) is 59.2 Å². The van der Waals surface area contributed by atoms with E-state index in [1.807, 2.05) is 18.2 Å². The van der Waals surface area contributed by atoms with Crippen LogP contribution in [0.25, 0.3) is 6.08 Å². The molecule has 0 spiro atoms.